The lowest BCUT2D eigenvalue weighted by Crippen LogP contribution is -2.48. The normalized spacial score (nSPS) is 20.1. The molecule has 110 valence electrons. The molecule has 3 N–H and O–H groups in total. The first-order chi connectivity index (χ1) is 9.56. The zero-order chi connectivity index (χ0) is 14.5. The van der Waals surface area contributed by atoms with Crippen molar-refractivity contribution in [2.75, 3.05) is 31.6 Å². The van der Waals surface area contributed by atoms with E-state index in [2.05, 4.69) is 24.1 Å². The Bertz CT molecular complexity index is 445. The number of carbonyl (C=O) groups excluding carboxylic acids is 1. The zero-order valence-electron chi connectivity index (χ0n) is 12.1. The average Bonchev–Trinajstić information content (AvgIpc) is 2.46. The molecule has 1 aliphatic heterocycles. The van der Waals surface area contributed by atoms with Gasteiger partial charge in [0, 0.05) is 36.9 Å². The molecular weight excluding hydrogens is 254 g/mol. The summed E-state index contributed by atoms with van der Waals surface area (Å²) >= 11 is 0. The van der Waals surface area contributed by atoms with E-state index in [4.69, 9.17) is 10.5 Å². The molecule has 20 heavy (non-hydrogen) atoms. The van der Waals surface area contributed by atoms with Crippen molar-refractivity contribution in [3.8, 4) is 0 Å². The Morgan fingerprint density at radius 3 is 2.75 bits per heavy atom. The number of ether oxygens (including phenoxy) is 1. The fourth-order valence-corrected chi connectivity index (χ4v) is 2.32. The number of primary amides is 1. The maximum Gasteiger partial charge on any atom is 0.248 e. The van der Waals surface area contributed by atoms with Gasteiger partial charge in [-0.1, -0.05) is 0 Å². The Hall–Kier alpha value is -1.59. The van der Waals surface area contributed by atoms with E-state index in [1.54, 1.807) is 12.1 Å². The average molecular weight is 277 g/mol. The summed E-state index contributed by atoms with van der Waals surface area (Å²) in [5, 5.41) is 3.34. The first-order valence-electron chi connectivity index (χ1n) is 7.05. The molecule has 0 saturated carbocycles. The summed E-state index contributed by atoms with van der Waals surface area (Å²) in [6, 6.07) is 7.74. The number of rotatable bonds is 5. The number of anilines is 1. The first-order valence-corrected chi connectivity index (χ1v) is 7.05. The monoisotopic (exact) mass is 277 g/mol. The molecule has 0 spiro atoms. The van der Waals surface area contributed by atoms with Crippen molar-refractivity contribution in [3.05, 3.63) is 29.8 Å². The second-order valence-electron chi connectivity index (χ2n) is 5.40. The third-order valence-corrected chi connectivity index (χ3v) is 3.60. The lowest BCUT2D eigenvalue weighted by Gasteiger charge is -2.35. The fourth-order valence-electron chi connectivity index (χ4n) is 2.32. The lowest BCUT2D eigenvalue weighted by atomic mass is 10.2. The lowest BCUT2D eigenvalue weighted by molar-refractivity contribution is -0.0315. The summed E-state index contributed by atoms with van der Waals surface area (Å²) in [6.07, 6.45) is 0.196. The van der Waals surface area contributed by atoms with Gasteiger partial charge in [-0.15, -0.1) is 0 Å². The number of amides is 1. The minimum Gasteiger partial charge on any atom is -0.382 e. The van der Waals surface area contributed by atoms with Gasteiger partial charge in [-0.2, -0.15) is 0 Å². The van der Waals surface area contributed by atoms with Crippen molar-refractivity contribution >= 4 is 11.6 Å². The summed E-state index contributed by atoms with van der Waals surface area (Å²) in [5.74, 6) is -0.403. The molecule has 1 saturated heterocycles. The van der Waals surface area contributed by atoms with Gasteiger partial charge in [0.1, 0.15) is 0 Å². The van der Waals surface area contributed by atoms with E-state index in [-0.39, 0.29) is 6.10 Å². The third-order valence-electron chi connectivity index (χ3n) is 3.60. The Morgan fingerprint density at radius 1 is 1.45 bits per heavy atom. The van der Waals surface area contributed by atoms with Crippen molar-refractivity contribution in [3.63, 3.8) is 0 Å². The molecule has 1 fully saturated rings. The van der Waals surface area contributed by atoms with Gasteiger partial charge in [-0.25, -0.2) is 0 Å². The van der Waals surface area contributed by atoms with Crippen molar-refractivity contribution in [2.45, 2.75) is 26.0 Å². The van der Waals surface area contributed by atoms with Crippen molar-refractivity contribution in [1.29, 1.82) is 0 Å². The van der Waals surface area contributed by atoms with E-state index >= 15 is 0 Å². The highest BCUT2D eigenvalue weighted by Gasteiger charge is 2.21. The molecule has 1 aromatic carbocycles. The summed E-state index contributed by atoms with van der Waals surface area (Å²) in [7, 11) is 0. The highest BCUT2D eigenvalue weighted by molar-refractivity contribution is 5.93. The van der Waals surface area contributed by atoms with Gasteiger partial charge < -0.3 is 15.8 Å². The number of nitrogens with one attached hydrogen (secondary N) is 1. The second-order valence-corrected chi connectivity index (χ2v) is 5.40. The summed E-state index contributed by atoms with van der Waals surface area (Å²) < 4.78 is 5.76. The summed E-state index contributed by atoms with van der Waals surface area (Å²) in [4.78, 5) is 13.4. The summed E-state index contributed by atoms with van der Waals surface area (Å²) in [6.45, 7) is 7.91. The number of nitrogens with two attached hydrogens (primary N) is 1. The largest absolute Gasteiger partial charge is 0.382 e. The van der Waals surface area contributed by atoms with Crippen LogP contribution in [0.15, 0.2) is 24.3 Å². The maximum absolute atomic E-state index is 11.0. The molecule has 1 aliphatic rings. The Kier molecular flexibility index (Phi) is 4.98. The Balaban J connectivity index is 1.84. The van der Waals surface area contributed by atoms with E-state index in [9.17, 15) is 4.79 Å². The molecule has 1 unspecified atom stereocenters. The number of benzene rings is 1. The van der Waals surface area contributed by atoms with E-state index in [0.717, 1.165) is 31.9 Å². The predicted octanol–water partition coefficient (Wildman–Crippen LogP) is 1.31. The van der Waals surface area contributed by atoms with Crippen LogP contribution in [0.2, 0.25) is 0 Å². The van der Waals surface area contributed by atoms with Crippen LogP contribution in [0.1, 0.15) is 24.2 Å². The quantitative estimate of drug-likeness (QED) is 0.851. The number of nitrogens with zero attached hydrogens (tertiary/aromatic N) is 1. The molecule has 2 rings (SSSR count). The number of carbonyl (C=O) groups is 1. The van der Waals surface area contributed by atoms with Crippen molar-refractivity contribution < 1.29 is 9.53 Å². The Labute approximate surface area is 120 Å². The third kappa shape index (κ3) is 3.95. The zero-order valence-corrected chi connectivity index (χ0v) is 12.1. The first kappa shape index (κ1) is 14.8. The molecule has 1 aromatic rings. The molecule has 0 radical (unpaired) electrons. The van der Waals surface area contributed by atoms with Crippen LogP contribution in [0.4, 0.5) is 5.69 Å². The van der Waals surface area contributed by atoms with E-state index in [1.165, 1.54) is 0 Å². The highest BCUT2D eigenvalue weighted by atomic mass is 16.5. The Morgan fingerprint density at radius 2 is 2.15 bits per heavy atom. The van der Waals surface area contributed by atoms with Crippen molar-refractivity contribution in [2.24, 2.45) is 5.73 Å². The molecule has 0 bridgehead atoms. The molecule has 0 aromatic heterocycles. The van der Waals surface area contributed by atoms with Crippen LogP contribution in [-0.4, -0.2) is 49.2 Å². The van der Waals surface area contributed by atoms with Crippen LogP contribution < -0.4 is 11.1 Å². The van der Waals surface area contributed by atoms with E-state index in [0.29, 0.717) is 11.6 Å². The van der Waals surface area contributed by atoms with Gasteiger partial charge in [-0.05, 0) is 38.1 Å². The SMILES string of the molecule is CC(C)N1CCOC(CNc2ccc(C(N)=O)cc2)C1. The molecule has 5 nitrogen and oxygen atoms in total. The highest BCUT2D eigenvalue weighted by Crippen LogP contribution is 2.12. The van der Waals surface area contributed by atoms with Gasteiger partial charge in [0.25, 0.3) is 0 Å². The summed E-state index contributed by atoms with van der Waals surface area (Å²) in [5.41, 5.74) is 6.71. The topological polar surface area (TPSA) is 67.6 Å². The van der Waals surface area contributed by atoms with Gasteiger partial charge in [-0.3, -0.25) is 9.69 Å². The number of hydrogen-bond acceptors (Lipinski definition) is 4. The molecule has 1 amide bonds. The van der Waals surface area contributed by atoms with Crippen LogP contribution in [0, 0.1) is 0 Å². The minimum absolute atomic E-state index is 0.196. The van der Waals surface area contributed by atoms with Gasteiger partial charge in [0.05, 0.1) is 12.7 Å². The molecule has 5 heteroatoms. The molecule has 0 aliphatic carbocycles. The van der Waals surface area contributed by atoms with Gasteiger partial charge in [0.15, 0.2) is 0 Å². The predicted molar refractivity (Wildman–Crippen MR) is 79.9 cm³/mol. The van der Waals surface area contributed by atoms with Gasteiger partial charge in [0.2, 0.25) is 5.91 Å². The smallest absolute Gasteiger partial charge is 0.248 e. The van der Waals surface area contributed by atoms with Crippen LogP contribution in [0.25, 0.3) is 0 Å². The maximum atomic E-state index is 11.0. The number of hydrogen-bond donors (Lipinski definition) is 2. The fraction of sp³-hybridized carbons (Fsp3) is 0.533. The number of morpholine rings is 1. The minimum atomic E-state index is -0.403. The van der Waals surface area contributed by atoms with E-state index in [1.807, 2.05) is 12.1 Å². The van der Waals surface area contributed by atoms with Crippen LogP contribution in [0.5, 0.6) is 0 Å². The van der Waals surface area contributed by atoms with Crippen LogP contribution >= 0.6 is 0 Å². The molecular formula is C15H23N3O2. The van der Waals surface area contributed by atoms with E-state index < -0.39 is 5.91 Å². The second kappa shape index (κ2) is 6.72. The molecule has 1 atom stereocenters. The van der Waals surface area contributed by atoms with Crippen molar-refractivity contribution in [1.82, 2.24) is 4.90 Å². The standard InChI is InChI=1S/C15H23N3O2/c1-11(2)18-7-8-20-14(10-18)9-17-13-5-3-12(4-6-13)15(16)19/h3-6,11,14,17H,7-10H2,1-2H3,(H2,16,19). The van der Waals surface area contributed by atoms with Crippen LogP contribution in [-0.2, 0) is 4.74 Å². The van der Waals surface area contributed by atoms with Gasteiger partial charge >= 0.3 is 0 Å². The van der Waals surface area contributed by atoms with Crippen LogP contribution in [0.3, 0.4) is 0 Å². The molecule has 1 heterocycles.